The van der Waals surface area contributed by atoms with Crippen molar-refractivity contribution in [2.24, 2.45) is 0 Å². The van der Waals surface area contributed by atoms with E-state index in [0.29, 0.717) is 12.6 Å². The molecule has 1 amide bonds. The number of fused-ring (bicyclic) bond motifs is 2. The Hall–Kier alpha value is -1.75. The van der Waals surface area contributed by atoms with Crippen molar-refractivity contribution < 1.29 is 27.4 Å². The van der Waals surface area contributed by atoms with Crippen molar-refractivity contribution in [3.63, 3.8) is 0 Å². The minimum atomic E-state index is -1.61. The van der Waals surface area contributed by atoms with Crippen LogP contribution in [0.15, 0.2) is 18.2 Å². The van der Waals surface area contributed by atoms with Gasteiger partial charge in [0.05, 0.1) is 6.61 Å². The molecule has 2 aliphatic heterocycles. The molecule has 2 fully saturated rings. The average Bonchev–Trinajstić information content (AvgIpc) is 2.97. The van der Waals surface area contributed by atoms with Crippen LogP contribution in [-0.2, 0) is 26.0 Å². The fraction of sp³-hybridized carbons (Fsp3) is 0.708. The highest BCUT2D eigenvalue weighted by atomic mass is 32.2. The molecule has 1 spiro atoms. The van der Waals surface area contributed by atoms with Crippen LogP contribution >= 0.6 is 0 Å². The number of likely N-dealkylation sites (tertiary alicyclic amines) is 1. The van der Waals surface area contributed by atoms with Gasteiger partial charge in [-0.05, 0) is 69.0 Å². The fourth-order valence-electron chi connectivity index (χ4n) is 5.46. The number of nitrogens with zero attached hydrogens (tertiary/aromatic N) is 1. The number of rotatable bonds is 5. The number of halogens is 1. The van der Waals surface area contributed by atoms with Gasteiger partial charge in [-0.2, -0.15) is 0 Å². The van der Waals surface area contributed by atoms with E-state index in [-0.39, 0.29) is 30.0 Å². The SMILES string of the molecule is COCCOC(=O)NC1CCCCC(N2CCC3(CC2)CNc2ccc(F)cc23)C1.CS(=O)O. The molecule has 10 heteroatoms. The molecule has 3 unspecified atom stereocenters. The van der Waals surface area contributed by atoms with E-state index in [2.05, 4.69) is 15.5 Å². The number of methoxy groups -OCH3 is 1. The number of carbonyl (C=O) groups excluding carboxylic acids is 1. The van der Waals surface area contributed by atoms with Crippen LogP contribution in [0.25, 0.3) is 0 Å². The van der Waals surface area contributed by atoms with Crippen LogP contribution in [0.1, 0.15) is 50.5 Å². The quantitative estimate of drug-likeness (QED) is 0.324. The molecule has 3 aliphatic rings. The number of hydrogen-bond donors (Lipinski definition) is 3. The third-order valence-electron chi connectivity index (χ3n) is 7.18. The summed E-state index contributed by atoms with van der Waals surface area (Å²) in [5, 5.41) is 6.55. The summed E-state index contributed by atoms with van der Waals surface area (Å²) in [5.74, 6) is -0.144. The first-order valence-corrected chi connectivity index (χ1v) is 13.6. The molecule has 8 nitrogen and oxygen atoms in total. The molecule has 1 aliphatic carbocycles. The van der Waals surface area contributed by atoms with Crippen molar-refractivity contribution in [2.45, 2.75) is 62.4 Å². The molecule has 1 aromatic carbocycles. The summed E-state index contributed by atoms with van der Waals surface area (Å²) in [6.07, 6.45) is 8.42. The van der Waals surface area contributed by atoms with Crippen molar-refractivity contribution >= 4 is 22.9 Å². The Morgan fingerprint density at radius 3 is 2.71 bits per heavy atom. The number of hydrogen-bond acceptors (Lipinski definition) is 6. The van der Waals surface area contributed by atoms with E-state index in [4.69, 9.17) is 18.2 Å². The van der Waals surface area contributed by atoms with E-state index in [1.165, 1.54) is 19.1 Å². The summed E-state index contributed by atoms with van der Waals surface area (Å²) in [4.78, 5) is 14.7. The minimum absolute atomic E-state index is 0.0570. The highest BCUT2D eigenvalue weighted by molar-refractivity contribution is 7.78. The molecular formula is C24H38FN3O5S. The van der Waals surface area contributed by atoms with Crippen LogP contribution in [0.3, 0.4) is 0 Å². The Kier molecular flexibility index (Phi) is 10.1. The first kappa shape index (κ1) is 26.8. The topological polar surface area (TPSA) is 100 Å². The van der Waals surface area contributed by atoms with Gasteiger partial charge in [-0.1, -0.05) is 12.8 Å². The Bertz CT molecular complexity index is 831. The lowest BCUT2D eigenvalue weighted by atomic mass is 9.74. The van der Waals surface area contributed by atoms with Crippen LogP contribution in [0.4, 0.5) is 14.9 Å². The summed E-state index contributed by atoms with van der Waals surface area (Å²) < 4.78 is 40.6. The molecule has 34 heavy (non-hydrogen) atoms. The predicted octanol–water partition coefficient (Wildman–Crippen LogP) is 3.50. The number of carbonyl (C=O) groups is 1. The normalized spacial score (nSPS) is 24.7. The van der Waals surface area contributed by atoms with E-state index in [1.807, 2.05) is 6.07 Å². The summed E-state index contributed by atoms with van der Waals surface area (Å²) in [5.41, 5.74) is 2.30. The summed E-state index contributed by atoms with van der Waals surface area (Å²) >= 11 is -1.61. The molecule has 0 radical (unpaired) electrons. The minimum Gasteiger partial charge on any atom is -0.447 e. The summed E-state index contributed by atoms with van der Waals surface area (Å²) in [6, 6.07) is 5.78. The zero-order chi connectivity index (χ0) is 24.6. The maximum Gasteiger partial charge on any atom is 0.407 e. The standard InChI is InChI=1S/C23H34FN3O3.CH4O2S/c1-29-12-13-30-22(28)26-18-4-2-3-5-19(15-18)27-10-8-23(9-11-27)16-25-21-7-6-17(24)14-20(21)23;1-4(2)3/h6-7,14,18-19,25H,2-5,8-13,15-16H2,1H3,(H,26,28);1H3,(H,2,3). The number of nitrogens with one attached hydrogen (secondary N) is 2. The van der Waals surface area contributed by atoms with Gasteiger partial charge in [-0.25, -0.2) is 13.4 Å². The van der Waals surface area contributed by atoms with Gasteiger partial charge in [0.15, 0.2) is 0 Å². The molecule has 2 heterocycles. The van der Waals surface area contributed by atoms with Gasteiger partial charge in [0.25, 0.3) is 0 Å². The van der Waals surface area contributed by atoms with Gasteiger partial charge in [0.2, 0.25) is 0 Å². The van der Waals surface area contributed by atoms with Crippen LogP contribution in [-0.4, -0.2) is 78.1 Å². The van der Waals surface area contributed by atoms with E-state index in [1.54, 1.807) is 19.2 Å². The molecular weight excluding hydrogens is 461 g/mol. The van der Waals surface area contributed by atoms with Crippen LogP contribution in [0.5, 0.6) is 0 Å². The van der Waals surface area contributed by atoms with Gasteiger partial charge in [-0.15, -0.1) is 0 Å². The van der Waals surface area contributed by atoms with Crippen molar-refractivity contribution in [3.8, 4) is 0 Å². The molecule has 1 saturated heterocycles. The Morgan fingerprint density at radius 1 is 1.29 bits per heavy atom. The third-order valence-corrected chi connectivity index (χ3v) is 7.18. The van der Waals surface area contributed by atoms with Crippen molar-refractivity contribution in [3.05, 3.63) is 29.6 Å². The van der Waals surface area contributed by atoms with E-state index in [9.17, 15) is 9.18 Å². The van der Waals surface area contributed by atoms with Gasteiger partial charge in [0.1, 0.15) is 23.5 Å². The predicted molar refractivity (Wildman–Crippen MR) is 131 cm³/mol. The van der Waals surface area contributed by atoms with Crippen molar-refractivity contribution in [1.82, 2.24) is 10.2 Å². The Labute approximate surface area is 204 Å². The molecule has 0 aromatic heterocycles. The van der Waals surface area contributed by atoms with Crippen molar-refractivity contribution in [1.29, 1.82) is 0 Å². The lowest BCUT2D eigenvalue weighted by Crippen LogP contribution is -2.49. The van der Waals surface area contributed by atoms with Gasteiger partial charge >= 0.3 is 6.09 Å². The number of amides is 1. The number of anilines is 1. The summed E-state index contributed by atoms with van der Waals surface area (Å²) in [7, 11) is 1.59. The Morgan fingerprint density at radius 2 is 2.00 bits per heavy atom. The number of alkyl carbamates (subject to hydrolysis) is 1. The zero-order valence-electron chi connectivity index (χ0n) is 20.2. The highest BCUT2D eigenvalue weighted by Gasteiger charge is 2.43. The summed E-state index contributed by atoms with van der Waals surface area (Å²) in [6.45, 7) is 3.64. The van der Waals surface area contributed by atoms with Gasteiger partial charge < -0.3 is 29.6 Å². The van der Waals surface area contributed by atoms with Crippen LogP contribution in [0, 0.1) is 5.82 Å². The first-order chi connectivity index (χ1) is 16.3. The monoisotopic (exact) mass is 499 g/mol. The van der Waals surface area contributed by atoms with E-state index >= 15 is 0 Å². The van der Waals surface area contributed by atoms with Gasteiger partial charge in [-0.3, -0.25) is 0 Å². The molecule has 3 atom stereocenters. The van der Waals surface area contributed by atoms with Crippen LogP contribution < -0.4 is 10.6 Å². The zero-order valence-corrected chi connectivity index (χ0v) is 21.0. The Balaban J connectivity index is 0.000000751. The number of ether oxygens (including phenoxy) is 2. The fourth-order valence-corrected chi connectivity index (χ4v) is 5.46. The molecule has 3 N–H and O–H groups in total. The number of benzene rings is 1. The van der Waals surface area contributed by atoms with Gasteiger partial charge in [0, 0.05) is 43.1 Å². The number of piperidine rings is 1. The lowest BCUT2D eigenvalue weighted by Gasteiger charge is -2.43. The smallest absolute Gasteiger partial charge is 0.407 e. The average molecular weight is 500 g/mol. The van der Waals surface area contributed by atoms with E-state index in [0.717, 1.165) is 63.0 Å². The third kappa shape index (κ3) is 7.37. The second-order valence-corrected chi connectivity index (χ2v) is 10.3. The second kappa shape index (κ2) is 12.8. The maximum absolute atomic E-state index is 13.9. The largest absolute Gasteiger partial charge is 0.447 e. The van der Waals surface area contributed by atoms with Crippen molar-refractivity contribution in [2.75, 3.05) is 51.5 Å². The van der Waals surface area contributed by atoms with E-state index < -0.39 is 11.1 Å². The highest BCUT2D eigenvalue weighted by Crippen LogP contribution is 2.45. The molecule has 1 aromatic rings. The molecule has 4 rings (SSSR count). The van der Waals surface area contributed by atoms with Crippen LogP contribution in [0.2, 0.25) is 0 Å². The first-order valence-electron chi connectivity index (χ1n) is 12.1. The molecule has 192 valence electrons. The second-order valence-electron chi connectivity index (χ2n) is 9.43. The molecule has 1 saturated carbocycles. The maximum atomic E-state index is 13.9. The lowest BCUT2D eigenvalue weighted by molar-refractivity contribution is 0.0902. The molecule has 0 bridgehead atoms.